The molecule has 0 aliphatic heterocycles. The second-order valence-corrected chi connectivity index (χ2v) is 4.98. The molecule has 0 aromatic heterocycles. The molecule has 0 unspecified atom stereocenters. The highest BCUT2D eigenvalue weighted by Crippen LogP contribution is 2.15. The summed E-state index contributed by atoms with van der Waals surface area (Å²) in [6.07, 6.45) is 0.991. The average molecular weight is 298 g/mol. The minimum absolute atomic E-state index is 0.0398. The minimum Gasteiger partial charge on any atom is -0.478 e. The summed E-state index contributed by atoms with van der Waals surface area (Å²) in [6.45, 7) is 1.93. The average Bonchev–Trinajstić information content (AvgIpc) is 2.55. The number of hydrogen-bond donors (Lipinski definition) is 1. The van der Waals surface area contributed by atoms with Crippen molar-refractivity contribution in [2.24, 2.45) is 0 Å². The van der Waals surface area contributed by atoms with Gasteiger partial charge in [0, 0.05) is 6.42 Å². The number of carboxylic acids is 1. The molecule has 0 bridgehead atoms. The van der Waals surface area contributed by atoms with E-state index in [1.54, 1.807) is 12.1 Å². The lowest BCUT2D eigenvalue weighted by molar-refractivity contribution is 0.0288. The van der Waals surface area contributed by atoms with E-state index in [-0.39, 0.29) is 17.2 Å². The van der Waals surface area contributed by atoms with Crippen molar-refractivity contribution in [3.8, 4) is 0 Å². The first kappa shape index (κ1) is 15.8. The summed E-state index contributed by atoms with van der Waals surface area (Å²) in [7, 11) is 0. The molecule has 0 saturated heterocycles. The van der Waals surface area contributed by atoms with Gasteiger partial charge in [0.2, 0.25) is 0 Å². The maximum atomic E-state index is 12.2. The molecule has 0 saturated carbocycles. The van der Waals surface area contributed by atoms with Crippen molar-refractivity contribution in [2.45, 2.75) is 25.9 Å². The quantitative estimate of drug-likeness (QED) is 0.828. The number of ether oxygens (including phenoxy) is 1. The van der Waals surface area contributed by atoms with Crippen LogP contribution < -0.4 is 0 Å². The number of hydrogen-bond acceptors (Lipinski definition) is 3. The smallest absolute Gasteiger partial charge is 0.339 e. The molecular formula is C18H18O4. The van der Waals surface area contributed by atoms with Gasteiger partial charge in [-0.05, 0) is 24.1 Å². The van der Waals surface area contributed by atoms with Crippen molar-refractivity contribution in [3.63, 3.8) is 0 Å². The summed E-state index contributed by atoms with van der Waals surface area (Å²) in [4.78, 5) is 23.4. The number of carbonyl (C=O) groups is 2. The number of carbonyl (C=O) groups excluding carboxylic acids is 1. The van der Waals surface area contributed by atoms with Crippen LogP contribution >= 0.6 is 0 Å². The number of rotatable bonds is 6. The van der Waals surface area contributed by atoms with E-state index >= 15 is 0 Å². The van der Waals surface area contributed by atoms with Gasteiger partial charge >= 0.3 is 11.9 Å². The number of carboxylic acid groups (broad SMARTS) is 1. The Labute approximate surface area is 129 Å². The van der Waals surface area contributed by atoms with Crippen LogP contribution in [0.2, 0.25) is 0 Å². The van der Waals surface area contributed by atoms with Crippen LogP contribution in [-0.2, 0) is 11.2 Å². The predicted molar refractivity (Wildman–Crippen MR) is 83.0 cm³/mol. The maximum absolute atomic E-state index is 12.2. The molecule has 0 radical (unpaired) electrons. The van der Waals surface area contributed by atoms with E-state index in [0.29, 0.717) is 12.8 Å². The second kappa shape index (κ2) is 7.41. The van der Waals surface area contributed by atoms with Crippen LogP contribution in [0.1, 0.15) is 39.6 Å². The lowest BCUT2D eigenvalue weighted by atomic mass is 10.1. The van der Waals surface area contributed by atoms with Gasteiger partial charge in [0.1, 0.15) is 6.10 Å². The minimum atomic E-state index is -1.14. The van der Waals surface area contributed by atoms with Crippen LogP contribution in [0.3, 0.4) is 0 Å². The van der Waals surface area contributed by atoms with Crippen LogP contribution in [0.4, 0.5) is 0 Å². The van der Waals surface area contributed by atoms with Crippen molar-refractivity contribution < 1.29 is 19.4 Å². The number of aromatic carboxylic acids is 1. The van der Waals surface area contributed by atoms with Crippen LogP contribution in [0.5, 0.6) is 0 Å². The largest absolute Gasteiger partial charge is 0.478 e. The monoisotopic (exact) mass is 298 g/mol. The molecule has 4 nitrogen and oxygen atoms in total. The van der Waals surface area contributed by atoms with Crippen LogP contribution in [0, 0.1) is 0 Å². The fourth-order valence-corrected chi connectivity index (χ4v) is 2.21. The van der Waals surface area contributed by atoms with E-state index in [1.807, 2.05) is 37.3 Å². The van der Waals surface area contributed by atoms with Crippen LogP contribution in [-0.4, -0.2) is 23.1 Å². The van der Waals surface area contributed by atoms with Gasteiger partial charge in [0.25, 0.3) is 0 Å². The predicted octanol–water partition coefficient (Wildman–Crippen LogP) is 3.56. The maximum Gasteiger partial charge on any atom is 0.339 e. The first-order valence-corrected chi connectivity index (χ1v) is 7.19. The molecule has 0 amide bonds. The molecule has 114 valence electrons. The zero-order valence-corrected chi connectivity index (χ0v) is 12.4. The first-order chi connectivity index (χ1) is 10.6. The van der Waals surface area contributed by atoms with Gasteiger partial charge in [-0.1, -0.05) is 49.4 Å². The normalized spacial score (nSPS) is 11.7. The van der Waals surface area contributed by atoms with Crippen LogP contribution in [0.25, 0.3) is 0 Å². The fraction of sp³-hybridized carbons (Fsp3) is 0.222. The summed E-state index contributed by atoms with van der Waals surface area (Å²) < 4.78 is 5.48. The zero-order valence-electron chi connectivity index (χ0n) is 12.4. The van der Waals surface area contributed by atoms with Gasteiger partial charge in [0.05, 0.1) is 11.1 Å². The summed E-state index contributed by atoms with van der Waals surface area (Å²) in [5, 5.41) is 9.13. The first-order valence-electron chi connectivity index (χ1n) is 7.19. The van der Waals surface area contributed by atoms with Crippen molar-refractivity contribution in [2.75, 3.05) is 0 Å². The molecule has 2 aromatic carbocycles. The molecule has 1 atom stereocenters. The summed E-state index contributed by atoms with van der Waals surface area (Å²) in [5.41, 5.74) is 1.12. The molecule has 0 heterocycles. The van der Waals surface area contributed by atoms with Crippen molar-refractivity contribution in [3.05, 3.63) is 71.3 Å². The molecule has 4 heteroatoms. The third-order valence-corrected chi connectivity index (χ3v) is 3.41. The van der Waals surface area contributed by atoms with E-state index in [0.717, 1.165) is 5.56 Å². The molecule has 0 spiro atoms. The van der Waals surface area contributed by atoms with Gasteiger partial charge in [0.15, 0.2) is 0 Å². The molecule has 0 aliphatic rings. The fourth-order valence-electron chi connectivity index (χ4n) is 2.21. The summed E-state index contributed by atoms with van der Waals surface area (Å²) >= 11 is 0. The third-order valence-electron chi connectivity index (χ3n) is 3.41. The molecule has 2 aromatic rings. The second-order valence-electron chi connectivity index (χ2n) is 4.98. The Balaban J connectivity index is 2.11. The molecule has 0 fully saturated rings. The van der Waals surface area contributed by atoms with Crippen LogP contribution in [0.15, 0.2) is 54.6 Å². The Morgan fingerprint density at radius 2 is 1.59 bits per heavy atom. The Morgan fingerprint density at radius 3 is 2.18 bits per heavy atom. The highest BCUT2D eigenvalue weighted by atomic mass is 16.5. The Morgan fingerprint density at radius 1 is 1.00 bits per heavy atom. The molecular weight excluding hydrogens is 280 g/mol. The number of benzene rings is 2. The highest BCUT2D eigenvalue weighted by molar-refractivity contribution is 6.02. The molecule has 22 heavy (non-hydrogen) atoms. The summed E-state index contributed by atoms with van der Waals surface area (Å²) in [6, 6.07) is 15.8. The standard InChI is InChI=1S/C18H18O4/c1-2-14(12-13-8-4-3-5-9-13)22-18(21)16-11-7-6-10-15(16)17(19)20/h3-11,14H,2,12H2,1H3,(H,19,20)/t14-/m0/s1. The van der Waals surface area contributed by atoms with E-state index in [4.69, 9.17) is 9.84 Å². The number of esters is 1. The van der Waals surface area contributed by atoms with Gasteiger partial charge < -0.3 is 9.84 Å². The van der Waals surface area contributed by atoms with E-state index < -0.39 is 11.9 Å². The topological polar surface area (TPSA) is 63.6 Å². The molecule has 2 rings (SSSR count). The van der Waals surface area contributed by atoms with E-state index in [9.17, 15) is 9.59 Å². The van der Waals surface area contributed by atoms with E-state index in [2.05, 4.69) is 0 Å². The van der Waals surface area contributed by atoms with Gasteiger partial charge in [-0.2, -0.15) is 0 Å². The molecule has 1 N–H and O–H groups in total. The van der Waals surface area contributed by atoms with Crippen molar-refractivity contribution >= 4 is 11.9 Å². The SMILES string of the molecule is CC[C@@H](Cc1ccccc1)OC(=O)c1ccccc1C(=O)O. The Kier molecular flexibility index (Phi) is 5.31. The lowest BCUT2D eigenvalue weighted by Gasteiger charge is -2.17. The van der Waals surface area contributed by atoms with Crippen molar-refractivity contribution in [1.29, 1.82) is 0 Å². The third kappa shape index (κ3) is 3.95. The Hall–Kier alpha value is -2.62. The van der Waals surface area contributed by atoms with E-state index in [1.165, 1.54) is 12.1 Å². The zero-order chi connectivity index (χ0) is 15.9. The molecule has 0 aliphatic carbocycles. The van der Waals surface area contributed by atoms with Gasteiger partial charge in [-0.25, -0.2) is 9.59 Å². The van der Waals surface area contributed by atoms with Gasteiger partial charge in [-0.15, -0.1) is 0 Å². The highest BCUT2D eigenvalue weighted by Gasteiger charge is 2.20. The van der Waals surface area contributed by atoms with Crippen molar-refractivity contribution in [1.82, 2.24) is 0 Å². The lowest BCUT2D eigenvalue weighted by Crippen LogP contribution is -2.21. The Bertz CT molecular complexity index is 649. The summed E-state index contributed by atoms with van der Waals surface area (Å²) in [5.74, 6) is -1.73. The van der Waals surface area contributed by atoms with Gasteiger partial charge in [-0.3, -0.25) is 0 Å².